The first-order valence-corrected chi connectivity index (χ1v) is 8.65. The molecule has 23 heavy (non-hydrogen) atoms. The molecule has 0 unspecified atom stereocenters. The molecular weight excluding hydrogens is 290 g/mol. The van der Waals surface area contributed by atoms with Crippen LogP contribution in [0.5, 0.6) is 0 Å². The Kier molecular flexibility index (Phi) is 6.91. The number of hydrogen-bond acceptors (Lipinski definition) is 2. The minimum Gasteiger partial charge on any atom is -0.335 e. The number of carbonyl (C=O) groups excluding carboxylic acids is 2. The third-order valence-electron chi connectivity index (χ3n) is 3.85. The van der Waals surface area contributed by atoms with Crippen LogP contribution in [0.25, 0.3) is 0 Å². The fraction of sp³-hybridized carbons (Fsp3) is 0.556. The molecule has 0 heterocycles. The van der Waals surface area contributed by atoms with Crippen LogP contribution in [0.4, 0.5) is 16.2 Å². The molecule has 0 saturated heterocycles. The van der Waals surface area contributed by atoms with Gasteiger partial charge < -0.3 is 16.0 Å². The van der Waals surface area contributed by atoms with E-state index in [1.807, 2.05) is 12.1 Å². The summed E-state index contributed by atoms with van der Waals surface area (Å²) >= 11 is 0. The largest absolute Gasteiger partial charge is 0.335 e. The number of anilines is 2. The average Bonchev–Trinajstić information content (AvgIpc) is 3.33. The minimum atomic E-state index is -0.170. The van der Waals surface area contributed by atoms with Gasteiger partial charge in [-0.25, -0.2) is 4.79 Å². The summed E-state index contributed by atoms with van der Waals surface area (Å²) in [6.45, 7) is 2.18. The number of benzene rings is 1. The number of rotatable bonds is 9. The molecule has 1 aliphatic carbocycles. The molecule has 5 heteroatoms. The number of urea groups is 1. The Hall–Kier alpha value is -2.04. The number of nitrogens with one attached hydrogen (secondary N) is 3. The Morgan fingerprint density at radius 3 is 2.17 bits per heavy atom. The second kappa shape index (κ2) is 9.18. The minimum absolute atomic E-state index is 0.0497. The van der Waals surface area contributed by atoms with Crippen molar-refractivity contribution in [1.29, 1.82) is 0 Å². The molecule has 0 aliphatic heterocycles. The highest BCUT2D eigenvalue weighted by Gasteiger charge is 2.23. The van der Waals surface area contributed by atoms with E-state index < -0.39 is 0 Å². The summed E-state index contributed by atoms with van der Waals surface area (Å²) in [6.07, 6.45) is 8.40. The molecule has 0 spiro atoms. The van der Waals surface area contributed by atoms with Gasteiger partial charge in [0.2, 0.25) is 5.91 Å². The van der Waals surface area contributed by atoms with Crippen LogP contribution >= 0.6 is 0 Å². The van der Waals surface area contributed by atoms with Gasteiger partial charge in [0.1, 0.15) is 0 Å². The molecule has 1 fully saturated rings. The maximum absolute atomic E-state index is 11.8. The third-order valence-corrected chi connectivity index (χ3v) is 3.85. The Balaban J connectivity index is 1.67. The van der Waals surface area contributed by atoms with Crippen LogP contribution in [0, 0.1) is 0 Å². The van der Waals surface area contributed by atoms with Gasteiger partial charge in [0, 0.05) is 23.8 Å². The van der Waals surface area contributed by atoms with Crippen LogP contribution < -0.4 is 16.0 Å². The maximum atomic E-state index is 11.8. The molecule has 1 aromatic carbocycles. The van der Waals surface area contributed by atoms with Gasteiger partial charge in [0.25, 0.3) is 0 Å². The van der Waals surface area contributed by atoms with Crippen LogP contribution in [0.2, 0.25) is 0 Å². The Morgan fingerprint density at radius 2 is 1.57 bits per heavy atom. The molecular formula is C18H27N3O2. The quantitative estimate of drug-likeness (QED) is 0.595. The van der Waals surface area contributed by atoms with Crippen molar-refractivity contribution in [2.75, 3.05) is 10.6 Å². The van der Waals surface area contributed by atoms with E-state index in [1.165, 1.54) is 19.3 Å². The SMILES string of the molecule is CCCCCCCC(=O)Nc1ccc(NC(=O)NC2CC2)cc1. The van der Waals surface area contributed by atoms with E-state index in [2.05, 4.69) is 22.9 Å². The number of hydrogen-bond donors (Lipinski definition) is 3. The molecule has 2 rings (SSSR count). The van der Waals surface area contributed by atoms with Crippen molar-refractivity contribution in [3.8, 4) is 0 Å². The van der Waals surface area contributed by atoms with Crippen LogP contribution in [-0.4, -0.2) is 18.0 Å². The smallest absolute Gasteiger partial charge is 0.319 e. The second-order valence-electron chi connectivity index (χ2n) is 6.16. The summed E-state index contributed by atoms with van der Waals surface area (Å²) in [5, 5.41) is 8.54. The molecule has 0 radical (unpaired) electrons. The first kappa shape index (κ1) is 17.3. The summed E-state index contributed by atoms with van der Waals surface area (Å²) in [5.41, 5.74) is 1.48. The Labute approximate surface area is 138 Å². The van der Waals surface area contributed by atoms with Crippen LogP contribution in [0.1, 0.15) is 58.3 Å². The lowest BCUT2D eigenvalue weighted by atomic mass is 10.1. The lowest BCUT2D eigenvalue weighted by Crippen LogP contribution is -2.30. The number of unbranched alkanes of at least 4 members (excludes halogenated alkanes) is 4. The lowest BCUT2D eigenvalue weighted by molar-refractivity contribution is -0.116. The average molecular weight is 317 g/mol. The molecule has 0 bridgehead atoms. The van der Waals surface area contributed by atoms with Gasteiger partial charge in [-0.2, -0.15) is 0 Å². The summed E-state index contributed by atoms with van der Waals surface area (Å²) in [5.74, 6) is 0.0497. The van der Waals surface area contributed by atoms with E-state index in [4.69, 9.17) is 0 Å². The van der Waals surface area contributed by atoms with Crippen molar-refractivity contribution in [3.05, 3.63) is 24.3 Å². The van der Waals surface area contributed by atoms with Crippen LogP contribution in [-0.2, 0) is 4.79 Å². The summed E-state index contributed by atoms with van der Waals surface area (Å²) in [4.78, 5) is 23.5. The van der Waals surface area contributed by atoms with Gasteiger partial charge in [-0.15, -0.1) is 0 Å². The van der Waals surface area contributed by atoms with Crippen molar-refractivity contribution in [1.82, 2.24) is 5.32 Å². The van der Waals surface area contributed by atoms with Gasteiger partial charge in [0.05, 0.1) is 0 Å². The van der Waals surface area contributed by atoms with Gasteiger partial charge >= 0.3 is 6.03 Å². The molecule has 3 N–H and O–H groups in total. The molecule has 5 nitrogen and oxygen atoms in total. The van der Waals surface area contributed by atoms with Crippen LogP contribution in [0.15, 0.2) is 24.3 Å². The van der Waals surface area contributed by atoms with Crippen molar-refractivity contribution >= 4 is 23.3 Å². The molecule has 126 valence electrons. The Morgan fingerprint density at radius 1 is 0.957 bits per heavy atom. The molecule has 1 saturated carbocycles. The fourth-order valence-corrected chi connectivity index (χ4v) is 2.33. The predicted molar refractivity (Wildman–Crippen MR) is 93.6 cm³/mol. The van der Waals surface area contributed by atoms with E-state index in [9.17, 15) is 9.59 Å². The summed E-state index contributed by atoms with van der Waals surface area (Å²) in [6, 6.07) is 7.37. The fourth-order valence-electron chi connectivity index (χ4n) is 2.33. The summed E-state index contributed by atoms with van der Waals surface area (Å²) < 4.78 is 0. The van der Waals surface area contributed by atoms with E-state index >= 15 is 0 Å². The topological polar surface area (TPSA) is 70.2 Å². The van der Waals surface area contributed by atoms with Crippen LogP contribution in [0.3, 0.4) is 0 Å². The molecule has 3 amide bonds. The zero-order valence-corrected chi connectivity index (χ0v) is 13.9. The first-order chi connectivity index (χ1) is 11.2. The number of amides is 3. The van der Waals surface area contributed by atoms with Crippen molar-refractivity contribution < 1.29 is 9.59 Å². The van der Waals surface area contributed by atoms with E-state index in [0.29, 0.717) is 12.5 Å². The zero-order chi connectivity index (χ0) is 16.5. The van der Waals surface area contributed by atoms with E-state index in [0.717, 1.165) is 37.1 Å². The van der Waals surface area contributed by atoms with E-state index in [-0.39, 0.29) is 11.9 Å². The normalized spacial score (nSPS) is 13.4. The van der Waals surface area contributed by atoms with Crippen molar-refractivity contribution in [2.24, 2.45) is 0 Å². The highest BCUT2D eigenvalue weighted by atomic mass is 16.2. The highest BCUT2D eigenvalue weighted by Crippen LogP contribution is 2.19. The van der Waals surface area contributed by atoms with Crippen molar-refractivity contribution in [2.45, 2.75) is 64.3 Å². The Bertz CT molecular complexity index is 510. The predicted octanol–water partition coefficient (Wildman–Crippen LogP) is 4.27. The number of carbonyl (C=O) groups is 2. The van der Waals surface area contributed by atoms with Gasteiger partial charge in [-0.3, -0.25) is 4.79 Å². The van der Waals surface area contributed by atoms with Gasteiger partial charge in [-0.05, 0) is 43.5 Å². The second-order valence-corrected chi connectivity index (χ2v) is 6.16. The zero-order valence-electron chi connectivity index (χ0n) is 13.9. The molecule has 1 aromatic rings. The standard InChI is InChI=1S/C18H27N3O2/c1-2-3-4-5-6-7-17(22)19-14-8-10-15(11-9-14)20-18(23)21-16-12-13-16/h8-11,16H,2-7,12-13H2,1H3,(H,19,22)(H2,20,21,23). The first-order valence-electron chi connectivity index (χ1n) is 8.65. The molecule has 1 aliphatic rings. The van der Waals surface area contributed by atoms with Gasteiger partial charge in [0.15, 0.2) is 0 Å². The monoisotopic (exact) mass is 317 g/mol. The van der Waals surface area contributed by atoms with Gasteiger partial charge in [-0.1, -0.05) is 32.6 Å². The highest BCUT2D eigenvalue weighted by molar-refractivity contribution is 5.92. The van der Waals surface area contributed by atoms with Crippen molar-refractivity contribution in [3.63, 3.8) is 0 Å². The molecule has 0 atom stereocenters. The summed E-state index contributed by atoms with van der Waals surface area (Å²) in [7, 11) is 0. The molecule has 0 aromatic heterocycles. The van der Waals surface area contributed by atoms with E-state index in [1.54, 1.807) is 12.1 Å². The lowest BCUT2D eigenvalue weighted by Gasteiger charge is -2.08. The maximum Gasteiger partial charge on any atom is 0.319 e. The third kappa shape index (κ3) is 7.17.